The molecule has 0 radical (unpaired) electrons. The molecule has 0 atom stereocenters. The molecular weight excluding hydrogens is 321 g/mol. The summed E-state index contributed by atoms with van der Waals surface area (Å²) in [5, 5.41) is 15.5. The van der Waals surface area contributed by atoms with Crippen molar-refractivity contribution >= 4 is 23.6 Å². The lowest BCUT2D eigenvalue weighted by Gasteiger charge is -2.03. The molecular formula is C15H16FN3O3S. The molecule has 0 bridgehead atoms. The Kier molecular flexibility index (Phi) is 6.16. The van der Waals surface area contributed by atoms with Gasteiger partial charge in [0.2, 0.25) is 5.91 Å². The third-order valence-corrected chi connectivity index (χ3v) is 3.81. The van der Waals surface area contributed by atoms with Gasteiger partial charge in [-0.3, -0.25) is 9.59 Å². The van der Waals surface area contributed by atoms with E-state index in [1.165, 1.54) is 12.1 Å². The van der Waals surface area contributed by atoms with Crippen LogP contribution in [0, 0.1) is 5.82 Å². The molecule has 8 heteroatoms. The zero-order chi connectivity index (χ0) is 16.7. The molecule has 0 saturated heterocycles. The first-order chi connectivity index (χ1) is 11.0. The van der Waals surface area contributed by atoms with Crippen molar-refractivity contribution < 1.29 is 19.1 Å². The number of benzene rings is 1. The van der Waals surface area contributed by atoms with Crippen LogP contribution in [0.1, 0.15) is 5.69 Å². The number of aliphatic carboxylic acids is 1. The number of hydrogen-bond acceptors (Lipinski definition) is 4. The van der Waals surface area contributed by atoms with Crippen LogP contribution >= 0.6 is 11.8 Å². The molecule has 1 aromatic heterocycles. The van der Waals surface area contributed by atoms with E-state index >= 15 is 0 Å². The highest BCUT2D eigenvalue weighted by Gasteiger charge is 2.05. The number of aromatic nitrogens is 2. The average molecular weight is 337 g/mol. The van der Waals surface area contributed by atoms with E-state index in [1.807, 2.05) is 6.07 Å². The third kappa shape index (κ3) is 5.74. The average Bonchev–Trinajstić information content (AvgIpc) is 2.96. The Morgan fingerprint density at radius 1 is 1.22 bits per heavy atom. The Hall–Kier alpha value is -2.35. The highest BCUT2D eigenvalue weighted by atomic mass is 32.2. The Morgan fingerprint density at radius 2 is 1.96 bits per heavy atom. The van der Waals surface area contributed by atoms with Crippen LogP contribution in [-0.2, 0) is 16.0 Å². The quantitative estimate of drug-likeness (QED) is 0.762. The molecule has 2 aromatic rings. The predicted octanol–water partition coefficient (Wildman–Crippen LogP) is 1.49. The van der Waals surface area contributed by atoms with E-state index in [-0.39, 0.29) is 23.2 Å². The topological polar surface area (TPSA) is 84.2 Å². The molecule has 6 nitrogen and oxygen atoms in total. The van der Waals surface area contributed by atoms with Crippen molar-refractivity contribution in [3.05, 3.63) is 48.0 Å². The molecule has 2 N–H and O–H groups in total. The van der Waals surface area contributed by atoms with E-state index in [9.17, 15) is 14.0 Å². The highest BCUT2D eigenvalue weighted by Crippen LogP contribution is 2.09. The monoisotopic (exact) mass is 337 g/mol. The van der Waals surface area contributed by atoms with Crippen LogP contribution in [0.25, 0.3) is 5.69 Å². The fourth-order valence-electron chi connectivity index (χ4n) is 1.84. The molecule has 1 aromatic carbocycles. The Bertz CT molecular complexity index is 673. The fourth-order valence-corrected chi connectivity index (χ4v) is 2.41. The normalized spacial score (nSPS) is 10.5. The minimum absolute atomic E-state index is 0.0878. The number of nitrogens with zero attached hydrogens (tertiary/aromatic N) is 2. The summed E-state index contributed by atoms with van der Waals surface area (Å²) in [6.45, 7) is 0.424. The molecule has 0 aliphatic rings. The van der Waals surface area contributed by atoms with Gasteiger partial charge >= 0.3 is 5.97 Å². The summed E-state index contributed by atoms with van der Waals surface area (Å²) in [5.41, 5.74) is 1.56. The third-order valence-electron chi connectivity index (χ3n) is 2.90. The fraction of sp³-hybridized carbons (Fsp3) is 0.267. The lowest BCUT2D eigenvalue weighted by atomic mass is 10.3. The van der Waals surface area contributed by atoms with Gasteiger partial charge in [-0.15, -0.1) is 11.8 Å². The van der Waals surface area contributed by atoms with Gasteiger partial charge in [-0.05, 0) is 30.3 Å². The molecule has 23 heavy (non-hydrogen) atoms. The molecule has 2 rings (SSSR count). The van der Waals surface area contributed by atoms with E-state index in [4.69, 9.17) is 5.11 Å². The van der Waals surface area contributed by atoms with Crippen LogP contribution in [0.4, 0.5) is 4.39 Å². The zero-order valence-electron chi connectivity index (χ0n) is 12.2. The number of rotatable bonds is 8. The summed E-state index contributed by atoms with van der Waals surface area (Å²) in [6.07, 6.45) is 2.33. The summed E-state index contributed by atoms with van der Waals surface area (Å²) in [5.74, 6) is -1.40. The number of hydrogen-bond donors (Lipinski definition) is 2. The number of thioether (sulfide) groups is 1. The lowest BCUT2D eigenvalue weighted by molar-refractivity contribution is -0.133. The Balaban J connectivity index is 1.75. The summed E-state index contributed by atoms with van der Waals surface area (Å²) in [7, 11) is 0. The van der Waals surface area contributed by atoms with Crippen LogP contribution in [0.2, 0.25) is 0 Å². The van der Waals surface area contributed by atoms with Gasteiger partial charge in [0.25, 0.3) is 0 Å². The standard InChI is InChI=1S/C15H16FN3O3S/c16-11-1-3-13(4-2-11)19-8-6-12(18-19)5-7-17-14(20)9-23-10-15(21)22/h1-4,6,8H,5,7,9-10H2,(H,17,20)(H,21,22). The second-order valence-corrected chi connectivity index (χ2v) is 5.70. The summed E-state index contributed by atoms with van der Waals surface area (Å²) < 4.78 is 14.5. The predicted molar refractivity (Wildman–Crippen MR) is 85.2 cm³/mol. The van der Waals surface area contributed by atoms with Crippen LogP contribution in [0.15, 0.2) is 36.5 Å². The smallest absolute Gasteiger partial charge is 0.313 e. The van der Waals surface area contributed by atoms with Gasteiger partial charge in [-0.25, -0.2) is 9.07 Å². The van der Waals surface area contributed by atoms with E-state index in [1.54, 1.807) is 23.0 Å². The van der Waals surface area contributed by atoms with Crippen molar-refractivity contribution in [3.63, 3.8) is 0 Å². The molecule has 0 fully saturated rings. The molecule has 1 heterocycles. The lowest BCUT2D eigenvalue weighted by Crippen LogP contribution is -2.27. The maximum atomic E-state index is 12.9. The Morgan fingerprint density at radius 3 is 2.65 bits per heavy atom. The van der Waals surface area contributed by atoms with Crippen molar-refractivity contribution in [1.82, 2.24) is 15.1 Å². The van der Waals surface area contributed by atoms with Gasteiger partial charge in [0.05, 0.1) is 22.9 Å². The first-order valence-electron chi connectivity index (χ1n) is 6.91. The molecule has 1 amide bonds. The van der Waals surface area contributed by atoms with Crippen molar-refractivity contribution in [2.45, 2.75) is 6.42 Å². The molecule has 0 unspecified atom stereocenters. The van der Waals surface area contributed by atoms with Crippen LogP contribution in [0.5, 0.6) is 0 Å². The van der Waals surface area contributed by atoms with Gasteiger partial charge in [-0.2, -0.15) is 5.10 Å². The van der Waals surface area contributed by atoms with Gasteiger partial charge in [-0.1, -0.05) is 0 Å². The first kappa shape index (κ1) is 17.0. The molecule has 0 saturated carbocycles. The minimum atomic E-state index is -0.936. The number of halogens is 1. The molecule has 0 aliphatic carbocycles. The second-order valence-electron chi connectivity index (χ2n) is 4.71. The largest absolute Gasteiger partial charge is 0.481 e. The SMILES string of the molecule is O=C(O)CSCC(=O)NCCc1ccn(-c2ccc(F)cc2)n1. The number of carboxylic acid groups (broad SMARTS) is 1. The maximum absolute atomic E-state index is 12.9. The van der Waals surface area contributed by atoms with Gasteiger partial charge in [0.1, 0.15) is 5.82 Å². The summed E-state index contributed by atoms with van der Waals surface area (Å²) >= 11 is 1.06. The van der Waals surface area contributed by atoms with Crippen LogP contribution < -0.4 is 5.32 Å². The van der Waals surface area contributed by atoms with Crippen LogP contribution in [0.3, 0.4) is 0 Å². The zero-order valence-corrected chi connectivity index (χ0v) is 13.1. The highest BCUT2D eigenvalue weighted by molar-refractivity contribution is 8.00. The van der Waals surface area contributed by atoms with E-state index in [2.05, 4.69) is 10.4 Å². The molecule has 0 aliphatic heterocycles. The number of carbonyl (C=O) groups is 2. The molecule has 122 valence electrons. The van der Waals surface area contributed by atoms with Crippen molar-refractivity contribution in [2.75, 3.05) is 18.1 Å². The Labute approximate surface area is 136 Å². The number of carbonyl (C=O) groups excluding carboxylic acids is 1. The van der Waals surface area contributed by atoms with E-state index in [0.717, 1.165) is 23.1 Å². The van der Waals surface area contributed by atoms with Gasteiger partial charge < -0.3 is 10.4 Å². The first-order valence-corrected chi connectivity index (χ1v) is 8.07. The summed E-state index contributed by atoms with van der Waals surface area (Å²) in [6, 6.07) is 7.83. The number of carboxylic acids is 1. The minimum Gasteiger partial charge on any atom is -0.481 e. The second kappa shape index (κ2) is 8.33. The van der Waals surface area contributed by atoms with Crippen molar-refractivity contribution in [3.8, 4) is 5.69 Å². The van der Waals surface area contributed by atoms with Crippen LogP contribution in [-0.4, -0.2) is 44.8 Å². The summed E-state index contributed by atoms with van der Waals surface area (Å²) in [4.78, 5) is 21.8. The maximum Gasteiger partial charge on any atom is 0.313 e. The van der Waals surface area contributed by atoms with Crippen molar-refractivity contribution in [2.24, 2.45) is 0 Å². The molecule has 0 spiro atoms. The van der Waals surface area contributed by atoms with Gasteiger partial charge in [0.15, 0.2) is 0 Å². The van der Waals surface area contributed by atoms with Crippen molar-refractivity contribution in [1.29, 1.82) is 0 Å². The van der Waals surface area contributed by atoms with Gasteiger partial charge in [0, 0.05) is 19.2 Å². The number of amides is 1. The number of nitrogens with one attached hydrogen (secondary N) is 1. The van der Waals surface area contributed by atoms with E-state index < -0.39 is 5.97 Å². The van der Waals surface area contributed by atoms with E-state index in [0.29, 0.717) is 13.0 Å².